The molecular weight excluding hydrogens is 396 g/mol. The second-order valence-corrected chi connectivity index (χ2v) is 6.37. The predicted molar refractivity (Wildman–Crippen MR) is 110 cm³/mol. The first-order valence-corrected chi connectivity index (χ1v) is 9.09. The van der Waals surface area contributed by atoms with Gasteiger partial charge in [-0.3, -0.25) is 19.9 Å². The first-order chi connectivity index (χ1) is 14.2. The van der Waals surface area contributed by atoms with Crippen molar-refractivity contribution in [2.24, 2.45) is 5.16 Å². The van der Waals surface area contributed by atoms with Crippen LogP contribution >= 0.6 is 0 Å². The van der Waals surface area contributed by atoms with Crippen molar-refractivity contribution in [3.63, 3.8) is 0 Å². The Morgan fingerprint density at radius 3 is 2.57 bits per heavy atom. The quantitative estimate of drug-likeness (QED) is 0.239. The first-order valence-electron chi connectivity index (χ1n) is 9.09. The Kier molecular flexibility index (Phi) is 6.82. The average Bonchev–Trinajstić information content (AvgIpc) is 2.73. The molecule has 4 N–H and O–H groups in total. The average molecular weight is 420 g/mol. The van der Waals surface area contributed by atoms with Gasteiger partial charge in [0.05, 0.1) is 17.7 Å². The molecule has 0 spiro atoms. The zero-order chi connectivity index (χ0) is 22.5. The molecule has 0 atom stereocenters. The zero-order valence-corrected chi connectivity index (χ0v) is 17.1. The number of nitrogens with zero attached hydrogens (tertiary/aromatic N) is 4. The monoisotopic (exact) mass is 420 g/mol. The van der Waals surface area contributed by atoms with Crippen molar-refractivity contribution >= 4 is 23.2 Å². The van der Waals surface area contributed by atoms with E-state index in [1.54, 1.807) is 38.1 Å². The van der Waals surface area contributed by atoms with Crippen LogP contribution in [0.1, 0.15) is 33.6 Å². The van der Waals surface area contributed by atoms with E-state index in [4.69, 9.17) is 15.3 Å². The van der Waals surface area contributed by atoms with Crippen LogP contribution in [0, 0.1) is 10.1 Å². The van der Waals surface area contributed by atoms with Crippen LogP contribution in [-0.2, 0) is 0 Å². The van der Waals surface area contributed by atoms with E-state index in [-0.39, 0.29) is 17.4 Å². The minimum Gasteiger partial charge on any atom is -0.497 e. The third-order valence-electron chi connectivity index (χ3n) is 4.89. The lowest BCUT2D eigenvalue weighted by Gasteiger charge is -2.41. The minimum absolute atomic E-state index is 0.199. The molecule has 0 aliphatic heterocycles. The molecule has 0 fully saturated rings. The molecule has 12 heteroatoms. The maximum absolute atomic E-state index is 12.3. The molecule has 0 aliphatic rings. The van der Waals surface area contributed by atoms with Crippen molar-refractivity contribution < 1.29 is 19.7 Å². The van der Waals surface area contributed by atoms with E-state index in [0.717, 1.165) is 5.06 Å². The van der Waals surface area contributed by atoms with E-state index in [9.17, 15) is 20.1 Å². The second kappa shape index (κ2) is 9.11. The number of anilines is 2. The predicted octanol–water partition coefficient (Wildman–Crippen LogP) is 2.48. The summed E-state index contributed by atoms with van der Waals surface area (Å²) in [6.45, 7) is 5.10. The maximum Gasteiger partial charge on any atom is 0.379 e. The number of aromatic nitrogens is 2. The molecule has 0 unspecified atom stereocenters. The van der Waals surface area contributed by atoms with Gasteiger partial charge in [-0.1, -0.05) is 25.1 Å². The van der Waals surface area contributed by atoms with Gasteiger partial charge in [-0.15, -0.1) is 0 Å². The summed E-state index contributed by atoms with van der Waals surface area (Å²) in [5, 5.41) is 25.6. The summed E-state index contributed by atoms with van der Waals surface area (Å²) < 4.78 is 5.19. The van der Waals surface area contributed by atoms with Gasteiger partial charge < -0.3 is 20.5 Å². The number of nitrogens with one attached hydrogen (secondary N) is 1. The van der Waals surface area contributed by atoms with Crippen LogP contribution in [0.5, 0.6) is 11.5 Å². The number of nitro groups is 1. The van der Waals surface area contributed by atoms with Gasteiger partial charge >= 0.3 is 11.2 Å². The highest BCUT2D eigenvalue weighted by Gasteiger charge is 2.44. The second-order valence-electron chi connectivity index (χ2n) is 6.37. The van der Waals surface area contributed by atoms with Crippen molar-refractivity contribution in [3.8, 4) is 11.5 Å². The van der Waals surface area contributed by atoms with Crippen LogP contribution in [0.15, 0.2) is 34.2 Å². The van der Waals surface area contributed by atoms with Crippen molar-refractivity contribution in [2.45, 2.75) is 39.2 Å². The summed E-state index contributed by atoms with van der Waals surface area (Å²) in [6, 6.07) is 6.50. The Labute approximate surface area is 172 Å². The summed E-state index contributed by atoms with van der Waals surface area (Å²) in [6.07, 6.45) is 0.601. The molecule has 2 aromatic rings. The zero-order valence-electron chi connectivity index (χ0n) is 17.1. The molecular formula is C18H24N6O6. The van der Waals surface area contributed by atoms with Gasteiger partial charge in [0.25, 0.3) is 5.82 Å². The molecule has 0 saturated carbocycles. The summed E-state index contributed by atoms with van der Waals surface area (Å²) in [5.74, 6) is -0.0249. The van der Waals surface area contributed by atoms with E-state index in [2.05, 4.69) is 15.1 Å². The third kappa shape index (κ3) is 4.11. The lowest BCUT2D eigenvalue weighted by atomic mass is 9.87. The number of nitrogen functional groups attached to an aromatic ring is 1. The molecule has 2 rings (SSSR count). The molecule has 0 amide bonds. The fraction of sp³-hybridized carbons (Fsp3) is 0.389. The normalized spacial score (nSPS) is 11.8. The molecule has 162 valence electrons. The van der Waals surface area contributed by atoms with Crippen LogP contribution in [0.25, 0.3) is 0 Å². The van der Waals surface area contributed by atoms with Crippen LogP contribution in [0.3, 0.4) is 0 Å². The highest BCUT2D eigenvalue weighted by atomic mass is 16.7. The number of H-pyrrole nitrogens is 1. The fourth-order valence-corrected chi connectivity index (χ4v) is 3.16. The van der Waals surface area contributed by atoms with Gasteiger partial charge in [-0.05, 0) is 31.9 Å². The van der Waals surface area contributed by atoms with E-state index < -0.39 is 27.5 Å². The van der Waals surface area contributed by atoms with Gasteiger partial charge in [0.2, 0.25) is 5.95 Å². The number of aromatic amines is 1. The van der Waals surface area contributed by atoms with E-state index >= 15 is 0 Å². The van der Waals surface area contributed by atoms with Gasteiger partial charge in [-0.2, -0.15) is 10.0 Å². The summed E-state index contributed by atoms with van der Waals surface area (Å²) in [5.41, 5.74) is 2.79. The van der Waals surface area contributed by atoms with Gasteiger partial charge in [0.1, 0.15) is 11.3 Å². The van der Waals surface area contributed by atoms with Gasteiger partial charge in [0.15, 0.2) is 5.75 Å². The number of hydroxylamine groups is 1. The summed E-state index contributed by atoms with van der Waals surface area (Å²) in [7, 11) is 1.48. The number of methoxy groups -OCH3 is 1. The van der Waals surface area contributed by atoms with Crippen LogP contribution in [0.4, 0.5) is 17.5 Å². The van der Waals surface area contributed by atoms with Gasteiger partial charge in [0, 0.05) is 6.07 Å². The van der Waals surface area contributed by atoms with E-state index in [1.807, 2.05) is 0 Å². The largest absolute Gasteiger partial charge is 0.497 e. The number of oxime groups is 1. The van der Waals surface area contributed by atoms with Crippen molar-refractivity contribution in [3.05, 3.63) is 44.7 Å². The molecule has 1 heterocycles. The first kappa shape index (κ1) is 22.5. The lowest BCUT2D eigenvalue weighted by molar-refractivity contribution is -0.386. The Balaban J connectivity index is 2.83. The molecule has 0 aliphatic carbocycles. The molecule has 0 radical (unpaired) electrons. The lowest BCUT2D eigenvalue weighted by Crippen LogP contribution is -2.56. The van der Waals surface area contributed by atoms with Crippen LogP contribution in [-0.4, -0.2) is 38.5 Å². The Morgan fingerprint density at radius 1 is 1.40 bits per heavy atom. The van der Waals surface area contributed by atoms with Crippen molar-refractivity contribution in [1.82, 2.24) is 9.97 Å². The Hall–Kier alpha value is -3.83. The summed E-state index contributed by atoms with van der Waals surface area (Å²) in [4.78, 5) is 35.2. The van der Waals surface area contributed by atoms with E-state index in [0.29, 0.717) is 18.6 Å². The molecule has 1 aromatic carbocycles. The molecule has 0 bridgehead atoms. The smallest absolute Gasteiger partial charge is 0.379 e. The molecule has 0 saturated heterocycles. The highest BCUT2D eigenvalue weighted by Crippen LogP contribution is 2.36. The fourth-order valence-electron chi connectivity index (χ4n) is 3.16. The standard InChI is InChI=1S/C18H24N6O6/c1-5-18(6-2,11(3)22-26)23(30-13-9-7-8-12(10-13)29-4)15-14(24(27)28)16(25)21-17(19)20-15/h7-10,26H,5-6H2,1-4H3,(H3,19,20,21,25). The van der Waals surface area contributed by atoms with Gasteiger partial charge in [-0.25, -0.2) is 0 Å². The summed E-state index contributed by atoms with van der Waals surface area (Å²) >= 11 is 0. The highest BCUT2D eigenvalue weighted by molar-refractivity contribution is 5.94. The van der Waals surface area contributed by atoms with Crippen LogP contribution in [0.2, 0.25) is 0 Å². The number of nitrogens with two attached hydrogens (primary N) is 1. The molecule has 12 nitrogen and oxygen atoms in total. The number of hydrogen-bond acceptors (Lipinski definition) is 10. The minimum atomic E-state index is -1.18. The topological polar surface area (TPSA) is 169 Å². The van der Waals surface area contributed by atoms with E-state index in [1.165, 1.54) is 14.0 Å². The number of rotatable bonds is 9. The van der Waals surface area contributed by atoms with Crippen molar-refractivity contribution in [2.75, 3.05) is 17.9 Å². The number of ether oxygens (including phenoxy) is 1. The van der Waals surface area contributed by atoms with Crippen molar-refractivity contribution in [1.29, 1.82) is 0 Å². The molecule has 30 heavy (non-hydrogen) atoms. The Morgan fingerprint density at radius 2 is 2.03 bits per heavy atom. The SMILES string of the molecule is CCC(CC)(C(C)=NO)N(Oc1cccc(OC)c1)c1nc(N)[nH]c(=O)c1[N+](=O)[O-]. The third-order valence-corrected chi connectivity index (χ3v) is 4.89. The number of benzene rings is 1. The Bertz CT molecular complexity index is 1000. The van der Waals surface area contributed by atoms with Crippen LogP contribution < -0.4 is 25.9 Å². The number of hydrogen-bond donors (Lipinski definition) is 3. The molecule has 1 aromatic heterocycles. The maximum atomic E-state index is 12.3.